The summed E-state index contributed by atoms with van der Waals surface area (Å²) in [7, 11) is 0. The molecule has 0 unspecified atom stereocenters. The van der Waals surface area contributed by atoms with Gasteiger partial charge in [0.1, 0.15) is 0 Å². The highest BCUT2D eigenvalue weighted by Gasteiger charge is 2.11. The van der Waals surface area contributed by atoms with Crippen molar-refractivity contribution in [1.82, 2.24) is 0 Å². The van der Waals surface area contributed by atoms with Crippen LogP contribution in [0.15, 0.2) is 87.2 Å². The maximum Gasteiger partial charge on any atom is 0.0887 e. The van der Waals surface area contributed by atoms with Gasteiger partial charge in [0.05, 0.1) is 22.7 Å². The van der Waals surface area contributed by atoms with E-state index in [2.05, 4.69) is 56.5 Å². The Morgan fingerprint density at radius 2 is 1.30 bits per heavy atom. The lowest BCUT2D eigenvalue weighted by Crippen LogP contribution is -2.17. The van der Waals surface area contributed by atoms with Crippen LogP contribution >= 0.6 is 0 Å². The van der Waals surface area contributed by atoms with Crippen molar-refractivity contribution in [2.75, 3.05) is 18.0 Å². The van der Waals surface area contributed by atoms with E-state index >= 15 is 0 Å². The second-order valence-electron chi connectivity index (χ2n) is 8.70. The molecule has 0 aromatic heterocycles. The molecule has 1 aliphatic rings. The largest absolute Gasteiger partial charge is 0.372 e. The van der Waals surface area contributed by atoms with Gasteiger partial charge >= 0.3 is 0 Å². The number of hydrogen-bond acceptors (Lipinski definition) is 5. The molecule has 0 bridgehead atoms. The van der Waals surface area contributed by atoms with E-state index in [9.17, 15) is 0 Å². The molecule has 1 heterocycles. The molecule has 33 heavy (non-hydrogen) atoms. The monoisotopic (exact) mass is 439 g/mol. The van der Waals surface area contributed by atoms with Crippen molar-refractivity contribution in [1.29, 1.82) is 0 Å². The lowest BCUT2D eigenvalue weighted by atomic mass is 10.1. The molecule has 3 aromatic rings. The molecule has 4 rings (SSSR count). The molecular formula is C28H33N5. The summed E-state index contributed by atoms with van der Waals surface area (Å²) in [6.45, 7) is 6.55. The van der Waals surface area contributed by atoms with Crippen molar-refractivity contribution < 1.29 is 0 Å². The van der Waals surface area contributed by atoms with Crippen molar-refractivity contribution >= 4 is 28.4 Å². The van der Waals surface area contributed by atoms with Gasteiger partial charge in [0.15, 0.2) is 0 Å². The van der Waals surface area contributed by atoms with Crippen LogP contribution in [0.3, 0.4) is 0 Å². The third-order valence-corrected chi connectivity index (χ3v) is 6.06. The van der Waals surface area contributed by atoms with E-state index in [1.54, 1.807) is 0 Å². The number of anilines is 1. The smallest absolute Gasteiger partial charge is 0.0887 e. The van der Waals surface area contributed by atoms with Gasteiger partial charge in [-0.15, -0.1) is 0 Å². The SMILES string of the molecule is CCCCCc1ccc(N=Nc2ccc(N=Nc3ccc(N4CCCC4)cc3)cc2C)cc1. The van der Waals surface area contributed by atoms with E-state index in [1.165, 1.54) is 43.4 Å². The lowest BCUT2D eigenvalue weighted by molar-refractivity contribution is 0.717. The van der Waals surface area contributed by atoms with Gasteiger partial charge < -0.3 is 4.90 Å². The van der Waals surface area contributed by atoms with Gasteiger partial charge in [-0.25, -0.2) is 0 Å². The summed E-state index contributed by atoms with van der Waals surface area (Å²) in [6, 6.07) is 22.6. The second-order valence-corrected chi connectivity index (χ2v) is 8.70. The van der Waals surface area contributed by atoms with Gasteiger partial charge in [0.2, 0.25) is 0 Å². The van der Waals surface area contributed by atoms with Gasteiger partial charge in [0.25, 0.3) is 0 Å². The summed E-state index contributed by atoms with van der Waals surface area (Å²) in [6.07, 6.45) is 7.45. The molecule has 1 aliphatic heterocycles. The topological polar surface area (TPSA) is 52.7 Å². The van der Waals surface area contributed by atoms with Gasteiger partial charge in [-0.2, -0.15) is 20.5 Å². The first-order valence-electron chi connectivity index (χ1n) is 12.1. The van der Waals surface area contributed by atoms with Crippen LogP contribution in [0.4, 0.5) is 28.4 Å². The number of aryl methyl sites for hydroxylation is 2. The van der Waals surface area contributed by atoms with Gasteiger partial charge in [-0.1, -0.05) is 31.9 Å². The minimum atomic E-state index is 0.812. The lowest BCUT2D eigenvalue weighted by Gasteiger charge is -2.17. The first kappa shape index (κ1) is 22.8. The fourth-order valence-electron chi connectivity index (χ4n) is 4.05. The Morgan fingerprint density at radius 3 is 1.97 bits per heavy atom. The summed E-state index contributed by atoms with van der Waals surface area (Å²) in [5, 5.41) is 17.6. The Hall–Kier alpha value is -3.34. The fraction of sp³-hybridized carbons (Fsp3) is 0.357. The third kappa shape index (κ3) is 6.58. The van der Waals surface area contributed by atoms with Crippen molar-refractivity contribution in [3.8, 4) is 0 Å². The van der Waals surface area contributed by atoms with Crippen LogP contribution in [0.1, 0.15) is 50.2 Å². The molecule has 0 amide bonds. The van der Waals surface area contributed by atoms with Crippen LogP contribution in [0, 0.1) is 6.92 Å². The Morgan fingerprint density at radius 1 is 0.697 bits per heavy atom. The quantitative estimate of drug-likeness (QED) is 0.242. The summed E-state index contributed by atoms with van der Waals surface area (Å²) in [5.41, 5.74) is 7.03. The second kappa shape index (κ2) is 11.5. The van der Waals surface area contributed by atoms with E-state index in [0.717, 1.165) is 47.8 Å². The number of unbranched alkanes of at least 4 members (excludes halogenated alkanes) is 2. The number of rotatable bonds is 9. The van der Waals surface area contributed by atoms with Gasteiger partial charge in [-0.3, -0.25) is 0 Å². The normalized spacial score (nSPS) is 14.1. The van der Waals surface area contributed by atoms with Crippen LogP contribution in [0.5, 0.6) is 0 Å². The molecule has 0 saturated carbocycles. The van der Waals surface area contributed by atoms with E-state index in [4.69, 9.17) is 0 Å². The van der Waals surface area contributed by atoms with Crippen LogP contribution in [0.2, 0.25) is 0 Å². The van der Waals surface area contributed by atoms with Gasteiger partial charge in [-0.05, 0) is 98.3 Å². The summed E-state index contributed by atoms with van der Waals surface area (Å²) in [5.74, 6) is 0. The minimum absolute atomic E-state index is 0.812. The Labute approximate surface area is 197 Å². The minimum Gasteiger partial charge on any atom is -0.372 e. The standard InChI is InChI=1S/C28H33N5/c1-3-4-5-8-23-9-11-24(12-10-23)30-32-28-18-15-26(21-22(28)2)31-29-25-13-16-27(17-14-25)33-19-6-7-20-33/h9-18,21H,3-8,19-20H2,1-2H3. The van der Waals surface area contributed by atoms with Crippen LogP contribution < -0.4 is 4.90 Å². The van der Waals surface area contributed by atoms with Crippen LogP contribution in [0.25, 0.3) is 0 Å². The summed E-state index contributed by atoms with van der Waals surface area (Å²) in [4.78, 5) is 2.42. The number of hydrogen-bond donors (Lipinski definition) is 0. The summed E-state index contributed by atoms with van der Waals surface area (Å²) >= 11 is 0. The summed E-state index contributed by atoms with van der Waals surface area (Å²) < 4.78 is 0. The first-order valence-corrected chi connectivity index (χ1v) is 12.1. The fourth-order valence-corrected chi connectivity index (χ4v) is 4.05. The number of nitrogens with zero attached hydrogens (tertiary/aromatic N) is 5. The van der Waals surface area contributed by atoms with Crippen LogP contribution in [-0.2, 0) is 6.42 Å². The Bertz CT molecular complexity index is 1080. The zero-order chi connectivity index (χ0) is 22.9. The Kier molecular flexibility index (Phi) is 7.96. The third-order valence-electron chi connectivity index (χ3n) is 6.06. The van der Waals surface area contributed by atoms with E-state index in [0.29, 0.717) is 0 Å². The number of benzene rings is 3. The molecule has 170 valence electrons. The molecule has 0 atom stereocenters. The molecule has 0 aliphatic carbocycles. The molecular weight excluding hydrogens is 406 g/mol. The van der Waals surface area contributed by atoms with Crippen molar-refractivity contribution in [2.24, 2.45) is 20.5 Å². The predicted octanol–water partition coefficient (Wildman–Crippen LogP) is 9.16. The van der Waals surface area contributed by atoms with Crippen molar-refractivity contribution in [3.05, 3.63) is 77.9 Å². The van der Waals surface area contributed by atoms with E-state index in [-0.39, 0.29) is 0 Å². The maximum atomic E-state index is 4.44. The highest BCUT2D eigenvalue weighted by Crippen LogP contribution is 2.28. The maximum absolute atomic E-state index is 4.44. The molecule has 0 radical (unpaired) electrons. The highest BCUT2D eigenvalue weighted by molar-refractivity contribution is 5.55. The highest BCUT2D eigenvalue weighted by atomic mass is 15.1. The zero-order valence-electron chi connectivity index (χ0n) is 19.7. The molecule has 1 fully saturated rings. The Balaban J connectivity index is 1.35. The number of azo groups is 2. The molecule has 0 N–H and O–H groups in total. The molecule has 0 spiro atoms. The van der Waals surface area contributed by atoms with E-state index in [1.807, 2.05) is 49.4 Å². The molecule has 3 aromatic carbocycles. The molecule has 5 heteroatoms. The van der Waals surface area contributed by atoms with Crippen molar-refractivity contribution in [3.63, 3.8) is 0 Å². The molecule has 5 nitrogen and oxygen atoms in total. The average Bonchev–Trinajstić information content (AvgIpc) is 3.39. The zero-order valence-corrected chi connectivity index (χ0v) is 19.7. The molecule has 1 saturated heterocycles. The van der Waals surface area contributed by atoms with Gasteiger partial charge in [0, 0.05) is 18.8 Å². The van der Waals surface area contributed by atoms with Crippen LogP contribution in [-0.4, -0.2) is 13.1 Å². The van der Waals surface area contributed by atoms with E-state index < -0.39 is 0 Å². The average molecular weight is 440 g/mol. The van der Waals surface area contributed by atoms with Crippen molar-refractivity contribution in [2.45, 2.75) is 52.4 Å². The predicted molar refractivity (Wildman–Crippen MR) is 137 cm³/mol. The first-order chi connectivity index (χ1) is 16.2.